The van der Waals surface area contributed by atoms with Crippen LogP contribution in [0.15, 0.2) is 66.9 Å². The van der Waals surface area contributed by atoms with E-state index in [1.165, 1.54) is 0 Å². The van der Waals surface area contributed by atoms with Gasteiger partial charge in [-0.05, 0) is 30.5 Å². The third kappa shape index (κ3) is 3.33. The molecule has 2 unspecified atom stereocenters. The van der Waals surface area contributed by atoms with E-state index in [-0.39, 0.29) is 5.91 Å². The Morgan fingerprint density at radius 2 is 1.88 bits per heavy atom. The maximum absolute atomic E-state index is 13.0. The molecule has 0 aliphatic carbocycles. The fraction of sp³-hybridized carbons (Fsp3) is 0.273. The van der Waals surface area contributed by atoms with Crippen LogP contribution in [0, 0.1) is 5.92 Å². The molecule has 1 N–H and O–H groups in total. The molecule has 0 spiro atoms. The second-order valence-corrected chi connectivity index (χ2v) is 6.90. The molecular formula is C22H22N2O2. The first-order chi connectivity index (χ1) is 12.7. The zero-order chi connectivity index (χ0) is 17.9. The van der Waals surface area contributed by atoms with Crippen LogP contribution >= 0.6 is 0 Å². The number of hydrogen-bond acceptors (Lipinski definition) is 3. The van der Waals surface area contributed by atoms with Crippen molar-refractivity contribution in [3.63, 3.8) is 0 Å². The molecule has 2 heterocycles. The maximum atomic E-state index is 13.0. The van der Waals surface area contributed by atoms with E-state index < -0.39 is 12.0 Å². The quantitative estimate of drug-likeness (QED) is 0.783. The van der Waals surface area contributed by atoms with Crippen LogP contribution in [0.4, 0.5) is 0 Å². The molecule has 1 aromatic heterocycles. The number of nitrogens with zero attached hydrogens (tertiary/aromatic N) is 2. The van der Waals surface area contributed by atoms with Crippen LogP contribution in [-0.2, 0) is 11.3 Å². The van der Waals surface area contributed by atoms with Crippen LogP contribution in [0.25, 0.3) is 10.9 Å². The smallest absolute Gasteiger partial charge is 0.228 e. The first-order valence-corrected chi connectivity index (χ1v) is 9.08. The van der Waals surface area contributed by atoms with Gasteiger partial charge in [0.25, 0.3) is 0 Å². The van der Waals surface area contributed by atoms with Crippen LogP contribution in [0.3, 0.4) is 0 Å². The Kier molecular flexibility index (Phi) is 4.67. The van der Waals surface area contributed by atoms with E-state index in [2.05, 4.69) is 4.98 Å². The summed E-state index contributed by atoms with van der Waals surface area (Å²) in [5.74, 6) is -0.379. The number of piperidine rings is 1. The topological polar surface area (TPSA) is 53.4 Å². The van der Waals surface area contributed by atoms with E-state index in [0.29, 0.717) is 18.5 Å². The predicted octanol–water partition coefficient (Wildman–Crippen LogP) is 3.71. The van der Waals surface area contributed by atoms with Gasteiger partial charge in [-0.1, -0.05) is 48.5 Å². The van der Waals surface area contributed by atoms with Crippen molar-refractivity contribution in [2.45, 2.75) is 25.5 Å². The van der Waals surface area contributed by atoms with E-state index in [1.807, 2.05) is 65.6 Å². The summed E-state index contributed by atoms with van der Waals surface area (Å²) in [6.45, 7) is 1.34. The highest BCUT2D eigenvalue weighted by molar-refractivity contribution is 5.81. The molecule has 1 amide bonds. The lowest BCUT2D eigenvalue weighted by atomic mass is 9.87. The number of aliphatic hydroxyl groups excluding tert-OH is 1. The normalized spacial score (nSPS) is 18.9. The van der Waals surface area contributed by atoms with E-state index in [9.17, 15) is 9.90 Å². The number of aliphatic hydroxyl groups is 1. The number of hydrogen-bond donors (Lipinski definition) is 1. The lowest BCUT2D eigenvalue weighted by Crippen LogP contribution is -2.42. The fourth-order valence-corrected chi connectivity index (χ4v) is 3.71. The molecule has 0 bridgehead atoms. The van der Waals surface area contributed by atoms with Gasteiger partial charge in [0.15, 0.2) is 0 Å². The molecule has 2 atom stereocenters. The Hall–Kier alpha value is -2.72. The van der Waals surface area contributed by atoms with Crippen LogP contribution in [-0.4, -0.2) is 27.4 Å². The lowest BCUT2D eigenvalue weighted by Gasteiger charge is -2.34. The molecule has 3 aromatic rings. The van der Waals surface area contributed by atoms with Crippen molar-refractivity contribution < 1.29 is 9.90 Å². The van der Waals surface area contributed by atoms with Crippen molar-refractivity contribution in [1.82, 2.24) is 9.88 Å². The summed E-state index contributed by atoms with van der Waals surface area (Å²) < 4.78 is 0. The number of aromatic nitrogens is 1. The zero-order valence-corrected chi connectivity index (χ0v) is 14.6. The van der Waals surface area contributed by atoms with Crippen molar-refractivity contribution in [1.29, 1.82) is 0 Å². The van der Waals surface area contributed by atoms with Crippen LogP contribution in [0.5, 0.6) is 0 Å². The number of rotatable bonds is 4. The summed E-state index contributed by atoms with van der Waals surface area (Å²) in [6, 6.07) is 19.7. The summed E-state index contributed by atoms with van der Waals surface area (Å²) in [7, 11) is 0. The fourth-order valence-electron chi connectivity index (χ4n) is 3.71. The molecular weight excluding hydrogens is 324 g/mol. The number of pyridine rings is 1. The van der Waals surface area contributed by atoms with Crippen LogP contribution < -0.4 is 0 Å². The maximum Gasteiger partial charge on any atom is 0.228 e. The van der Waals surface area contributed by atoms with Crippen LogP contribution in [0.1, 0.15) is 30.1 Å². The number of fused-ring (bicyclic) bond motifs is 1. The highest BCUT2D eigenvalue weighted by atomic mass is 16.3. The summed E-state index contributed by atoms with van der Waals surface area (Å²) in [5, 5.41) is 11.9. The van der Waals surface area contributed by atoms with Gasteiger partial charge < -0.3 is 10.0 Å². The van der Waals surface area contributed by atoms with Crippen molar-refractivity contribution in [3.8, 4) is 0 Å². The van der Waals surface area contributed by atoms with E-state index >= 15 is 0 Å². The van der Waals surface area contributed by atoms with Crippen molar-refractivity contribution in [2.24, 2.45) is 5.92 Å². The molecule has 4 rings (SSSR count). The highest BCUT2D eigenvalue weighted by Crippen LogP contribution is 2.32. The monoisotopic (exact) mass is 346 g/mol. The number of carbonyl (C=O) groups excluding carboxylic acids is 1. The standard InChI is InChI=1S/C22H22N2O2/c25-21(18-13-17-9-4-5-11-20(17)23-14-18)19-10-6-12-24(22(19)26)15-16-7-2-1-3-8-16/h1-5,7-9,11,13-14,19,21,25H,6,10,12,15H2. The number of para-hydroxylation sites is 1. The average molecular weight is 346 g/mol. The molecule has 26 heavy (non-hydrogen) atoms. The first-order valence-electron chi connectivity index (χ1n) is 9.08. The minimum atomic E-state index is -0.821. The molecule has 1 fully saturated rings. The van der Waals surface area contributed by atoms with Gasteiger partial charge in [0, 0.05) is 30.2 Å². The van der Waals surface area contributed by atoms with Gasteiger partial charge in [-0.3, -0.25) is 9.78 Å². The average Bonchev–Trinajstić information content (AvgIpc) is 2.69. The Balaban J connectivity index is 1.54. The predicted molar refractivity (Wildman–Crippen MR) is 101 cm³/mol. The minimum absolute atomic E-state index is 0.0285. The number of carbonyl (C=O) groups is 1. The third-order valence-electron chi connectivity index (χ3n) is 5.12. The molecule has 4 heteroatoms. The van der Waals surface area contributed by atoms with Gasteiger partial charge in [0.1, 0.15) is 0 Å². The SMILES string of the molecule is O=C1C(C(O)c2cnc3ccccc3c2)CCCN1Cc1ccccc1. The van der Waals surface area contributed by atoms with Gasteiger partial charge in [0.05, 0.1) is 17.5 Å². The summed E-state index contributed by atoms with van der Waals surface area (Å²) in [6.07, 6.45) is 2.48. The van der Waals surface area contributed by atoms with Crippen molar-refractivity contribution in [3.05, 3.63) is 78.0 Å². The Morgan fingerprint density at radius 1 is 1.12 bits per heavy atom. The Morgan fingerprint density at radius 3 is 2.73 bits per heavy atom. The van der Waals surface area contributed by atoms with Gasteiger partial charge in [-0.2, -0.15) is 0 Å². The second kappa shape index (κ2) is 7.26. The largest absolute Gasteiger partial charge is 0.388 e. The molecule has 4 nitrogen and oxygen atoms in total. The third-order valence-corrected chi connectivity index (χ3v) is 5.12. The molecule has 132 valence electrons. The minimum Gasteiger partial charge on any atom is -0.388 e. The second-order valence-electron chi connectivity index (χ2n) is 6.90. The van der Waals surface area contributed by atoms with Gasteiger partial charge >= 0.3 is 0 Å². The van der Waals surface area contributed by atoms with Crippen molar-refractivity contribution in [2.75, 3.05) is 6.54 Å². The van der Waals surface area contributed by atoms with Gasteiger partial charge in [-0.15, -0.1) is 0 Å². The number of benzene rings is 2. The number of likely N-dealkylation sites (tertiary alicyclic amines) is 1. The lowest BCUT2D eigenvalue weighted by molar-refractivity contribution is -0.143. The van der Waals surface area contributed by atoms with Gasteiger partial charge in [0.2, 0.25) is 5.91 Å². The van der Waals surface area contributed by atoms with E-state index in [4.69, 9.17) is 0 Å². The van der Waals surface area contributed by atoms with Crippen LogP contribution in [0.2, 0.25) is 0 Å². The van der Waals surface area contributed by atoms with Crippen molar-refractivity contribution >= 4 is 16.8 Å². The molecule has 0 saturated carbocycles. The molecule has 0 radical (unpaired) electrons. The summed E-state index contributed by atoms with van der Waals surface area (Å²) in [4.78, 5) is 19.2. The molecule has 1 aliphatic rings. The van der Waals surface area contributed by atoms with E-state index in [1.54, 1.807) is 6.20 Å². The Bertz CT molecular complexity index is 910. The van der Waals surface area contributed by atoms with E-state index in [0.717, 1.165) is 29.4 Å². The zero-order valence-electron chi connectivity index (χ0n) is 14.6. The number of amides is 1. The molecule has 1 aliphatic heterocycles. The first kappa shape index (κ1) is 16.7. The Labute approximate surface area is 153 Å². The molecule has 1 saturated heterocycles. The van der Waals surface area contributed by atoms with Gasteiger partial charge in [-0.25, -0.2) is 0 Å². The summed E-state index contributed by atoms with van der Waals surface area (Å²) >= 11 is 0. The summed E-state index contributed by atoms with van der Waals surface area (Å²) in [5.41, 5.74) is 2.72. The molecule has 2 aromatic carbocycles. The highest BCUT2D eigenvalue weighted by Gasteiger charge is 2.34.